The Hall–Kier alpha value is -1.17. The molecule has 112 valence electrons. The molecule has 0 spiro atoms. The molecule has 20 heavy (non-hydrogen) atoms. The number of rotatable bonds is 6. The summed E-state index contributed by atoms with van der Waals surface area (Å²) in [6.45, 7) is 3.98. The predicted molar refractivity (Wildman–Crippen MR) is 76.6 cm³/mol. The summed E-state index contributed by atoms with van der Waals surface area (Å²) < 4.78 is 26.6. The smallest absolute Gasteiger partial charge is 0.196 e. The SMILES string of the molecule is CC(C)CCS(=O)(=O)c1c(C=O)cnn1C1CCCC1. The summed E-state index contributed by atoms with van der Waals surface area (Å²) in [5.74, 6) is 0.386. The highest BCUT2D eigenvalue weighted by atomic mass is 32.2. The van der Waals surface area contributed by atoms with Gasteiger partial charge in [0.25, 0.3) is 0 Å². The Labute approximate surface area is 120 Å². The second kappa shape index (κ2) is 6.08. The van der Waals surface area contributed by atoms with Gasteiger partial charge in [-0.2, -0.15) is 5.10 Å². The number of hydrogen-bond acceptors (Lipinski definition) is 4. The van der Waals surface area contributed by atoms with Crippen LogP contribution in [0.25, 0.3) is 0 Å². The van der Waals surface area contributed by atoms with E-state index in [1.165, 1.54) is 6.20 Å². The highest BCUT2D eigenvalue weighted by Crippen LogP contribution is 2.32. The van der Waals surface area contributed by atoms with E-state index < -0.39 is 9.84 Å². The fourth-order valence-electron chi connectivity index (χ4n) is 2.66. The van der Waals surface area contributed by atoms with Gasteiger partial charge in [0.1, 0.15) is 0 Å². The molecule has 1 fully saturated rings. The molecule has 2 rings (SSSR count). The van der Waals surface area contributed by atoms with Crippen LogP contribution in [0.4, 0.5) is 0 Å². The molecule has 1 saturated carbocycles. The first-order valence-corrected chi connectivity index (χ1v) is 8.86. The average molecular weight is 298 g/mol. The van der Waals surface area contributed by atoms with Gasteiger partial charge >= 0.3 is 0 Å². The fraction of sp³-hybridized carbons (Fsp3) is 0.714. The van der Waals surface area contributed by atoms with E-state index in [2.05, 4.69) is 5.10 Å². The molecule has 0 radical (unpaired) electrons. The minimum Gasteiger partial charge on any atom is -0.298 e. The van der Waals surface area contributed by atoms with Crippen LogP contribution in [0.15, 0.2) is 11.2 Å². The van der Waals surface area contributed by atoms with Gasteiger partial charge in [-0.05, 0) is 25.2 Å². The van der Waals surface area contributed by atoms with Gasteiger partial charge in [0, 0.05) is 0 Å². The van der Waals surface area contributed by atoms with Crippen molar-refractivity contribution in [3.8, 4) is 0 Å². The van der Waals surface area contributed by atoms with Gasteiger partial charge in [0.05, 0.1) is 23.6 Å². The van der Waals surface area contributed by atoms with Gasteiger partial charge < -0.3 is 0 Å². The molecule has 0 saturated heterocycles. The zero-order valence-corrected chi connectivity index (χ0v) is 12.9. The van der Waals surface area contributed by atoms with Gasteiger partial charge in [-0.1, -0.05) is 26.7 Å². The van der Waals surface area contributed by atoms with E-state index in [0.29, 0.717) is 18.6 Å². The quantitative estimate of drug-likeness (QED) is 0.757. The predicted octanol–water partition coefficient (Wildman–Crippen LogP) is 2.63. The molecule has 1 heterocycles. The van der Waals surface area contributed by atoms with Crippen molar-refractivity contribution >= 4 is 16.1 Å². The second-order valence-electron chi connectivity index (χ2n) is 5.91. The molecular weight excluding hydrogens is 276 g/mol. The van der Waals surface area contributed by atoms with Crippen molar-refractivity contribution in [3.63, 3.8) is 0 Å². The molecular formula is C14H22N2O3S. The Morgan fingerprint density at radius 1 is 1.40 bits per heavy atom. The summed E-state index contributed by atoms with van der Waals surface area (Å²) in [7, 11) is -3.45. The maximum absolute atomic E-state index is 12.5. The summed E-state index contributed by atoms with van der Waals surface area (Å²) in [5.41, 5.74) is 0.195. The first kappa shape index (κ1) is 15.2. The minimum absolute atomic E-state index is 0.0733. The maximum atomic E-state index is 12.5. The van der Waals surface area contributed by atoms with Gasteiger partial charge in [-0.15, -0.1) is 0 Å². The lowest BCUT2D eigenvalue weighted by Crippen LogP contribution is -2.19. The van der Waals surface area contributed by atoms with Gasteiger partial charge in [-0.25, -0.2) is 8.42 Å². The van der Waals surface area contributed by atoms with Crippen LogP contribution >= 0.6 is 0 Å². The molecule has 1 aliphatic rings. The van der Waals surface area contributed by atoms with E-state index in [-0.39, 0.29) is 22.4 Å². The van der Waals surface area contributed by atoms with Crippen LogP contribution in [0.5, 0.6) is 0 Å². The van der Waals surface area contributed by atoms with Crippen molar-refractivity contribution in [3.05, 3.63) is 11.8 Å². The van der Waals surface area contributed by atoms with Gasteiger partial charge in [0.15, 0.2) is 21.1 Å². The fourth-order valence-corrected chi connectivity index (χ4v) is 4.58. The second-order valence-corrected chi connectivity index (χ2v) is 7.93. The molecule has 0 N–H and O–H groups in total. The number of nitrogens with zero attached hydrogens (tertiary/aromatic N) is 2. The third-order valence-corrected chi connectivity index (χ3v) is 5.62. The number of aromatic nitrogens is 2. The lowest BCUT2D eigenvalue weighted by molar-refractivity contribution is 0.112. The monoisotopic (exact) mass is 298 g/mol. The van der Waals surface area contributed by atoms with Gasteiger partial charge in [0.2, 0.25) is 0 Å². The highest BCUT2D eigenvalue weighted by Gasteiger charge is 2.29. The first-order valence-electron chi connectivity index (χ1n) is 7.21. The Balaban J connectivity index is 2.37. The van der Waals surface area contributed by atoms with Crippen LogP contribution in [-0.2, 0) is 9.84 Å². The number of hydrogen-bond donors (Lipinski definition) is 0. The molecule has 1 aliphatic carbocycles. The summed E-state index contributed by atoms with van der Waals surface area (Å²) in [4.78, 5) is 11.1. The lowest BCUT2D eigenvalue weighted by Gasteiger charge is -2.15. The van der Waals surface area contributed by atoms with Crippen LogP contribution in [0.1, 0.15) is 62.4 Å². The molecule has 0 bridgehead atoms. The third-order valence-electron chi connectivity index (χ3n) is 3.83. The maximum Gasteiger partial charge on any atom is 0.196 e. The van der Waals surface area contributed by atoms with Crippen LogP contribution in [0.3, 0.4) is 0 Å². The molecule has 0 aromatic carbocycles. The van der Waals surface area contributed by atoms with E-state index in [1.54, 1.807) is 4.68 Å². The molecule has 6 heteroatoms. The van der Waals surface area contributed by atoms with Crippen molar-refractivity contribution in [2.75, 3.05) is 5.75 Å². The number of carbonyl (C=O) groups is 1. The average Bonchev–Trinajstić information content (AvgIpc) is 3.04. The first-order chi connectivity index (χ1) is 9.45. The normalized spacial score (nSPS) is 16.9. The largest absolute Gasteiger partial charge is 0.298 e. The standard InChI is InChI=1S/C14H22N2O3S/c1-11(2)7-8-20(18,19)14-12(10-17)9-15-16(14)13-5-3-4-6-13/h9-11,13H,3-8H2,1-2H3. The van der Waals surface area contributed by atoms with Crippen LogP contribution in [0, 0.1) is 5.92 Å². The Bertz CT molecular complexity index is 569. The molecule has 0 aliphatic heterocycles. The molecule has 0 unspecified atom stereocenters. The van der Waals surface area contributed by atoms with E-state index >= 15 is 0 Å². The summed E-state index contributed by atoms with van der Waals surface area (Å²) in [6, 6.07) is 0.118. The van der Waals surface area contributed by atoms with Crippen molar-refractivity contribution < 1.29 is 13.2 Å². The molecule has 0 amide bonds. The Morgan fingerprint density at radius 2 is 2.05 bits per heavy atom. The van der Waals surface area contributed by atoms with Crippen LogP contribution in [-0.4, -0.2) is 30.2 Å². The highest BCUT2D eigenvalue weighted by molar-refractivity contribution is 7.91. The molecule has 1 aromatic heterocycles. The summed E-state index contributed by atoms with van der Waals surface area (Å²) in [6.07, 6.45) is 6.63. The van der Waals surface area contributed by atoms with E-state index in [9.17, 15) is 13.2 Å². The van der Waals surface area contributed by atoms with E-state index in [4.69, 9.17) is 0 Å². The van der Waals surface area contributed by atoms with Crippen molar-refractivity contribution in [1.82, 2.24) is 9.78 Å². The van der Waals surface area contributed by atoms with E-state index in [1.807, 2.05) is 13.8 Å². The summed E-state index contributed by atoms with van der Waals surface area (Å²) >= 11 is 0. The number of aldehydes is 1. The topological polar surface area (TPSA) is 69.0 Å². The van der Waals surface area contributed by atoms with Crippen molar-refractivity contribution in [2.45, 2.75) is 57.0 Å². The number of carbonyl (C=O) groups excluding carboxylic acids is 1. The lowest BCUT2D eigenvalue weighted by atomic mass is 10.2. The third kappa shape index (κ3) is 3.11. The minimum atomic E-state index is -3.45. The van der Waals surface area contributed by atoms with Gasteiger partial charge in [-0.3, -0.25) is 9.48 Å². The van der Waals surface area contributed by atoms with Crippen LogP contribution in [0.2, 0.25) is 0 Å². The number of sulfone groups is 1. The molecule has 1 aromatic rings. The Morgan fingerprint density at radius 3 is 2.60 bits per heavy atom. The zero-order chi connectivity index (χ0) is 14.8. The van der Waals surface area contributed by atoms with E-state index in [0.717, 1.165) is 25.7 Å². The van der Waals surface area contributed by atoms with Crippen LogP contribution < -0.4 is 0 Å². The molecule has 0 atom stereocenters. The summed E-state index contributed by atoms with van der Waals surface area (Å²) in [5, 5.41) is 4.29. The Kier molecular flexibility index (Phi) is 4.62. The molecule has 5 nitrogen and oxygen atoms in total. The van der Waals surface area contributed by atoms with Crippen molar-refractivity contribution in [1.29, 1.82) is 0 Å². The van der Waals surface area contributed by atoms with Crippen molar-refractivity contribution in [2.24, 2.45) is 5.92 Å². The zero-order valence-electron chi connectivity index (χ0n) is 12.1.